The topological polar surface area (TPSA) is 51.2 Å². The minimum atomic E-state index is -0.457. The van der Waals surface area contributed by atoms with E-state index in [1.54, 1.807) is 12.1 Å². The van der Waals surface area contributed by atoms with Crippen molar-refractivity contribution in [2.75, 3.05) is 7.11 Å². The predicted octanol–water partition coefficient (Wildman–Crippen LogP) is 3.69. The molecule has 1 aliphatic carbocycles. The van der Waals surface area contributed by atoms with E-state index in [-0.39, 0.29) is 17.7 Å². The van der Waals surface area contributed by atoms with E-state index in [1.807, 2.05) is 0 Å². The number of fused-ring (bicyclic) bond motifs is 1. The second-order valence-electron chi connectivity index (χ2n) is 6.33. The van der Waals surface area contributed by atoms with Crippen LogP contribution in [0.1, 0.15) is 43.0 Å². The van der Waals surface area contributed by atoms with E-state index in [9.17, 15) is 9.18 Å². The first kappa shape index (κ1) is 15.7. The van der Waals surface area contributed by atoms with Gasteiger partial charge in [0, 0.05) is 23.7 Å². The minimum Gasteiger partial charge on any atom is -0.494 e. The Hall–Kier alpha value is -2.17. The summed E-state index contributed by atoms with van der Waals surface area (Å²) < 4.78 is 18.7. The van der Waals surface area contributed by atoms with Crippen molar-refractivity contribution in [2.45, 2.75) is 38.6 Å². The number of nitrogens with one attached hydrogen (secondary N) is 1. The van der Waals surface area contributed by atoms with Crippen molar-refractivity contribution < 1.29 is 13.9 Å². The number of aromatic nitrogens is 1. The van der Waals surface area contributed by atoms with Gasteiger partial charge < -0.3 is 10.1 Å². The minimum absolute atomic E-state index is 0.123. The van der Waals surface area contributed by atoms with Gasteiger partial charge in [0.2, 0.25) is 0 Å². The Morgan fingerprint density at radius 1 is 1.26 bits per heavy atom. The summed E-state index contributed by atoms with van der Waals surface area (Å²) in [7, 11) is 1.41. The molecular weight excluding hydrogens is 295 g/mol. The molecule has 1 amide bonds. The van der Waals surface area contributed by atoms with Gasteiger partial charge in [-0.3, -0.25) is 9.78 Å². The van der Waals surface area contributed by atoms with Gasteiger partial charge in [-0.2, -0.15) is 0 Å². The maximum atomic E-state index is 13.7. The van der Waals surface area contributed by atoms with Crippen molar-refractivity contribution in [3.63, 3.8) is 0 Å². The number of ether oxygens (including phenoxy) is 1. The molecule has 122 valence electrons. The summed E-state index contributed by atoms with van der Waals surface area (Å²) in [5.74, 6) is 0.314. The summed E-state index contributed by atoms with van der Waals surface area (Å²) in [6.45, 7) is 2.25. The molecule has 3 rings (SSSR count). The molecule has 1 aliphatic rings. The van der Waals surface area contributed by atoms with Crippen LogP contribution in [0.3, 0.4) is 0 Å². The van der Waals surface area contributed by atoms with E-state index in [2.05, 4.69) is 17.2 Å². The molecule has 0 radical (unpaired) electrons. The molecule has 1 aromatic heterocycles. The van der Waals surface area contributed by atoms with Crippen LogP contribution in [0.2, 0.25) is 0 Å². The fourth-order valence-corrected chi connectivity index (χ4v) is 3.08. The first-order valence-corrected chi connectivity index (χ1v) is 8.01. The number of nitrogens with zero attached hydrogens (tertiary/aromatic N) is 1. The molecule has 4 nitrogen and oxygen atoms in total. The highest BCUT2D eigenvalue weighted by Crippen LogP contribution is 2.25. The molecule has 2 aromatic rings. The third-order valence-corrected chi connectivity index (χ3v) is 4.57. The van der Waals surface area contributed by atoms with Crippen molar-refractivity contribution in [1.29, 1.82) is 0 Å². The number of rotatable bonds is 3. The van der Waals surface area contributed by atoms with Crippen LogP contribution in [-0.2, 0) is 0 Å². The number of carbonyl (C=O) groups excluding carboxylic acids is 1. The summed E-state index contributed by atoms with van der Waals surface area (Å²) in [5.41, 5.74) is 0.996. The van der Waals surface area contributed by atoms with Gasteiger partial charge in [0.1, 0.15) is 0 Å². The molecule has 1 fully saturated rings. The van der Waals surface area contributed by atoms with Crippen LogP contribution in [-0.4, -0.2) is 24.0 Å². The third kappa shape index (κ3) is 3.44. The first-order valence-electron chi connectivity index (χ1n) is 8.01. The van der Waals surface area contributed by atoms with Crippen LogP contribution in [0, 0.1) is 11.7 Å². The fourth-order valence-electron chi connectivity index (χ4n) is 3.08. The number of amides is 1. The van der Waals surface area contributed by atoms with E-state index < -0.39 is 5.82 Å². The van der Waals surface area contributed by atoms with Gasteiger partial charge in [0.05, 0.1) is 18.2 Å². The summed E-state index contributed by atoms with van der Waals surface area (Å²) in [6.07, 6.45) is 5.84. The quantitative estimate of drug-likeness (QED) is 0.939. The Morgan fingerprint density at radius 2 is 2.00 bits per heavy atom. The molecule has 23 heavy (non-hydrogen) atoms. The molecule has 1 saturated carbocycles. The standard InChI is InChI=1S/C18H21FN2O2/c1-11-3-5-14(6-4-11)21-18(22)13-7-12-8-17(23-2)15(19)9-16(12)20-10-13/h7-11,14H,3-6H2,1-2H3,(H,21,22). The molecule has 5 heteroatoms. The van der Waals surface area contributed by atoms with Crippen molar-refractivity contribution in [3.8, 4) is 5.75 Å². The molecule has 0 aliphatic heterocycles. The van der Waals surface area contributed by atoms with Gasteiger partial charge in [0.15, 0.2) is 11.6 Å². The largest absolute Gasteiger partial charge is 0.494 e. The molecule has 0 unspecified atom stereocenters. The van der Waals surface area contributed by atoms with E-state index >= 15 is 0 Å². The molecule has 1 heterocycles. The lowest BCUT2D eigenvalue weighted by molar-refractivity contribution is 0.0923. The highest BCUT2D eigenvalue weighted by atomic mass is 19.1. The maximum Gasteiger partial charge on any atom is 0.253 e. The van der Waals surface area contributed by atoms with Gasteiger partial charge in [0.25, 0.3) is 5.91 Å². The molecule has 1 aromatic carbocycles. The average Bonchev–Trinajstić information content (AvgIpc) is 2.55. The van der Waals surface area contributed by atoms with Gasteiger partial charge >= 0.3 is 0 Å². The van der Waals surface area contributed by atoms with Gasteiger partial charge in [-0.05, 0) is 43.7 Å². The summed E-state index contributed by atoms with van der Waals surface area (Å²) in [5, 5.41) is 3.76. The van der Waals surface area contributed by atoms with Crippen molar-refractivity contribution in [2.24, 2.45) is 5.92 Å². The predicted molar refractivity (Wildman–Crippen MR) is 87.1 cm³/mol. The number of benzene rings is 1. The molecule has 1 N–H and O–H groups in total. The number of pyridine rings is 1. The average molecular weight is 316 g/mol. The zero-order chi connectivity index (χ0) is 16.4. The van der Waals surface area contributed by atoms with Crippen LogP contribution in [0.25, 0.3) is 10.9 Å². The van der Waals surface area contributed by atoms with Crippen LogP contribution in [0.5, 0.6) is 5.75 Å². The van der Waals surface area contributed by atoms with E-state index in [1.165, 1.54) is 19.4 Å². The normalized spacial score (nSPS) is 21.2. The number of carbonyl (C=O) groups is 1. The number of hydrogen-bond donors (Lipinski definition) is 1. The van der Waals surface area contributed by atoms with Gasteiger partial charge in [-0.15, -0.1) is 0 Å². The Kier molecular flexibility index (Phi) is 4.46. The SMILES string of the molecule is COc1cc2cc(C(=O)NC3CCC(C)CC3)cnc2cc1F. The maximum absolute atomic E-state index is 13.7. The Balaban J connectivity index is 1.79. The zero-order valence-electron chi connectivity index (χ0n) is 13.4. The summed E-state index contributed by atoms with van der Waals surface area (Å²) >= 11 is 0. The Morgan fingerprint density at radius 3 is 2.70 bits per heavy atom. The van der Waals surface area contributed by atoms with Crippen LogP contribution < -0.4 is 10.1 Å². The lowest BCUT2D eigenvalue weighted by Gasteiger charge is -2.26. The second-order valence-corrected chi connectivity index (χ2v) is 6.33. The van der Waals surface area contributed by atoms with Crippen molar-refractivity contribution in [3.05, 3.63) is 35.8 Å². The fraction of sp³-hybridized carbons (Fsp3) is 0.444. The Labute approximate surface area is 135 Å². The monoisotopic (exact) mass is 316 g/mol. The van der Waals surface area contributed by atoms with Crippen LogP contribution >= 0.6 is 0 Å². The second kappa shape index (κ2) is 6.52. The van der Waals surface area contributed by atoms with Gasteiger partial charge in [-0.25, -0.2) is 4.39 Å². The zero-order valence-corrected chi connectivity index (χ0v) is 13.4. The highest BCUT2D eigenvalue weighted by molar-refractivity contribution is 5.97. The summed E-state index contributed by atoms with van der Waals surface area (Å²) in [4.78, 5) is 16.6. The molecule has 0 bridgehead atoms. The molecule has 0 spiro atoms. The molecule has 0 atom stereocenters. The van der Waals surface area contributed by atoms with Crippen molar-refractivity contribution in [1.82, 2.24) is 10.3 Å². The number of methoxy groups -OCH3 is 1. The lowest BCUT2D eigenvalue weighted by atomic mass is 9.87. The number of halogens is 1. The highest BCUT2D eigenvalue weighted by Gasteiger charge is 2.20. The first-order chi connectivity index (χ1) is 11.1. The Bertz CT molecular complexity index is 724. The third-order valence-electron chi connectivity index (χ3n) is 4.57. The number of hydrogen-bond acceptors (Lipinski definition) is 3. The van der Waals surface area contributed by atoms with Crippen molar-refractivity contribution >= 4 is 16.8 Å². The summed E-state index contributed by atoms with van der Waals surface area (Å²) in [6, 6.07) is 4.84. The molecular formula is C18H21FN2O2. The molecule has 0 saturated heterocycles. The van der Waals surface area contributed by atoms with E-state index in [0.29, 0.717) is 16.5 Å². The van der Waals surface area contributed by atoms with Gasteiger partial charge in [-0.1, -0.05) is 6.92 Å². The van der Waals surface area contributed by atoms with E-state index in [0.717, 1.165) is 31.6 Å². The van der Waals surface area contributed by atoms with Crippen LogP contribution in [0.15, 0.2) is 24.4 Å². The van der Waals surface area contributed by atoms with Crippen LogP contribution in [0.4, 0.5) is 4.39 Å². The smallest absolute Gasteiger partial charge is 0.253 e. The van der Waals surface area contributed by atoms with E-state index in [4.69, 9.17) is 4.74 Å². The lowest BCUT2D eigenvalue weighted by Crippen LogP contribution is -2.37.